The SMILES string of the molecule is CCN(CC)C1NC(=O)N(c2ccc(Cl)cc2)C1=O. The van der Waals surface area contributed by atoms with Crippen LogP contribution in [0.2, 0.25) is 5.02 Å². The maximum absolute atomic E-state index is 12.3. The monoisotopic (exact) mass is 281 g/mol. The summed E-state index contributed by atoms with van der Waals surface area (Å²) in [6, 6.07) is 6.23. The highest BCUT2D eigenvalue weighted by Crippen LogP contribution is 2.22. The number of hydrogen-bond acceptors (Lipinski definition) is 3. The molecule has 19 heavy (non-hydrogen) atoms. The zero-order valence-electron chi connectivity index (χ0n) is 10.9. The van der Waals surface area contributed by atoms with Crippen LogP contribution in [0.4, 0.5) is 10.5 Å². The predicted molar refractivity (Wildman–Crippen MR) is 74.2 cm³/mol. The highest BCUT2D eigenvalue weighted by atomic mass is 35.5. The van der Waals surface area contributed by atoms with Crippen molar-refractivity contribution in [2.45, 2.75) is 20.0 Å². The van der Waals surface area contributed by atoms with Crippen LogP contribution in [0.3, 0.4) is 0 Å². The highest BCUT2D eigenvalue weighted by Gasteiger charge is 2.41. The summed E-state index contributed by atoms with van der Waals surface area (Å²) in [5.41, 5.74) is 0.529. The number of urea groups is 1. The van der Waals surface area contributed by atoms with E-state index in [1.165, 1.54) is 0 Å². The second-order valence-electron chi connectivity index (χ2n) is 4.22. The van der Waals surface area contributed by atoms with Gasteiger partial charge in [0.05, 0.1) is 5.69 Å². The highest BCUT2D eigenvalue weighted by molar-refractivity contribution is 6.30. The van der Waals surface area contributed by atoms with E-state index in [4.69, 9.17) is 11.6 Å². The summed E-state index contributed by atoms with van der Waals surface area (Å²) in [5, 5.41) is 3.26. The first kappa shape index (κ1) is 13.8. The molecule has 0 aromatic heterocycles. The zero-order chi connectivity index (χ0) is 14.0. The van der Waals surface area contributed by atoms with Gasteiger partial charge in [-0.3, -0.25) is 9.69 Å². The van der Waals surface area contributed by atoms with Gasteiger partial charge in [0.2, 0.25) is 0 Å². The Hall–Kier alpha value is -1.59. The van der Waals surface area contributed by atoms with Crippen molar-refractivity contribution in [3.8, 4) is 0 Å². The Morgan fingerprint density at radius 3 is 2.32 bits per heavy atom. The van der Waals surface area contributed by atoms with E-state index in [-0.39, 0.29) is 5.91 Å². The van der Waals surface area contributed by atoms with Crippen LogP contribution in [0.1, 0.15) is 13.8 Å². The summed E-state index contributed by atoms with van der Waals surface area (Å²) in [7, 11) is 0. The molecule has 1 heterocycles. The minimum absolute atomic E-state index is 0.254. The van der Waals surface area contributed by atoms with Gasteiger partial charge >= 0.3 is 6.03 Å². The molecule has 1 aromatic carbocycles. The standard InChI is InChI=1S/C13H16ClN3O2/c1-3-16(4-2)11-12(18)17(13(19)15-11)10-7-5-9(14)6-8-10/h5-8,11H,3-4H2,1-2H3,(H,15,19). The first-order valence-corrected chi connectivity index (χ1v) is 6.60. The third-order valence-corrected chi connectivity index (χ3v) is 3.43. The molecule has 1 aromatic rings. The second-order valence-corrected chi connectivity index (χ2v) is 4.66. The van der Waals surface area contributed by atoms with Gasteiger partial charge in [0.1, 0.15) is 0 Å². The average molecular weight is 282 g/mol. The van der Waals surface area contributed by atoms with Crippen LogP contribution in [-0.4, -0.2) is 36.1 Å². The summed E-state index contributed by atoms with van der Waals surface area (Å²) in [5.74, 6) is -0.254. The molecule has 0 aliphatic carbocycles. The summed E-state index contributed by atoms with van der Waals surface area (Å²) in [6.45, 7) is 5.30. The number of halogens is 1. The van der Waals surface area contributed by atoms with Gasteiger partial charge in [-0.1, -0.05) is 25.4 Å². The first-order chi connectivity index (χ1) is 9.08. The Labute approximate surface area is 117 Å². The molecule has 1 atom stereocenters. The van der Waals surface area contributed by atoms with Crippen molar-refractivity contribution in [3.05, 3.63) is 29.3 Å². The average Bonchev–Trinajstić information content (AvgIpc) is 2.68. The van der Waals surface area contributed by atoms with Crippen LogP contribution in [-0.2, 0) is 4.79 Å². The molecular weight excluding hydrogens is 266 g/mol. The van der Waals surface area contributed by atoms with E-state index in [9.17, 15) is 9.59 Å². The predicted octanol–water partition coefficient (Wildman–Crippen LogP) is 2.06. The maximum Gasteiger partial charge on any atom is 0.330 e. The molecule has 0 radical (unpaired) electrons. The van der Waals surface area contributed by atoms with Gasteiger partial charge < -0.3 is 5.32 Å². The minimum atomic E-state index is -0.585. The van der Waals surface area contributed by atoms with E-state index in [0.717, 1.165) is 4.90 Å². The van der Waals surface area contributed by atoms with Gasteiger partial charge in [0.25, 0.3) is 5.91 Å². The number of nitrogens with zero attached hydrogens (tertiary/aromatic N) is 2. The number of amides is 3. The molecule has 0 spiro atoms. The third kappa shape index (κ3) is 2.57. The zero-order valence-corrected chi connectivity index (χ0v) is 11.6. The van der Waals surface area contributed by atoms with Crippen molar-refractivity contribution < 1.29 is 9.59 Å². The quantitative estimate of drug-likeness (QED) is 0.860. The van der Waals surface area contributed by atoms with E-state index < -0.39 is 12.2 Å². The number of rotatable bonds is 4. The van der Waals surface area contributed by atoms with Gasteiger partial charge in [0, 0.05) is 5.02 Å². The van der Waals surface area contributed by atoms with Crippen LogP contribution in [0.15, 0.2) is 24.3 Å². The van der Waals surface area contributed by atoms with Gasteiger partial charge in [-0.15, -0.1) is 0 Å². The fourth-order valence-electron chi connectivity index (χ4n) is 2.14. The molecule has 5 nitrogen and oxygen atoms in total. The Balaban J connectivity index is 2.26. The number of anilines is 1. The van der Waals surface area contributed by atoms with Crippen LogP contribution < -0.4 is 10.2 Å². The second kappa shape index (κ2) is 5.59. The first-order valence-electron chi connectivity index (χ1n) is 6.22. The Morgan fingerprint density at radius 2 is 1.79 bits per heavy atom. The Morgan fingerprint density at radius 1 is 1.21 bits per heavy atom. The van der Waals surface area contributed by atoms with Crippen LogP contribution >= 0.6 is 11.6 Å². The minimum Gasteiger partial charge on any atom is -0.313 e. The molecule has 0 saturated carbocycles. The van der Waals surface area contributed by atoms with Crippen LogP contribution in [0.25, 0.3) is 0 Å². The molecule has 1 saturated heterocycles. The lowest BCUT2D eigenvalue weighted by molar-refractivity contribution is -0.122. The number of benzene rings is 1. The van der Waals surface area contributed by atoms with Gasteiger partial charge in [-0.2, -0.15) is 0 Å². The molecule has 1 unspecified atom stereocenters. The van der Waals surface area contributed by atoms with Crippen LogP contribution in [0, 0.1) is 0 Å². The molecule has 102 valence electrons. The molecular formula is C13H16ClN3O2. The maximum atomic E-state index is 12.3. The normalized spacial score (nSPS) is 19.2. The Kier molecular flexibility index (Phi) is 4.07. The number of carbonyl (C=O) groups excluding carboxylic acids is 2. The number of likely N-dealkylation sites (N-methyl/N-ethyl adjacent to an activating group) is 1. The molecule has 0 bridgehead atoms. The molecule has 1 aliphatic heterocycles. The molecule has 3 amide bonds. The largest absolute Gasteiger partial charge is 0.330 e. The van der Waals surface area contributed by atoms with Crippen molar-refractivity contribution in [1.82, 2.24) is 10.2 Å². The summed E-state index contributed by atoms with van der Waals surface area (Å²) >= 11 is 5.80. The van der Waals surface area contributed by atoms with Gasteiger partial charge in [-0.25, -0.2) is 9.69 Å². The molecule has 1 fully saturated rings. The van der Waals surface area contributed by atoms with Crippen molar-refractivity contribution in [2.75, 3.05) is 18.0 Å². The van der Waals surface area contributed by atoms with E-state index in [2.05, 4.69) is 5.32 Å². The molecule has 2 rings (SSSR count). The van der Waals surface area contributed by atoms with E-state index in [0.29, 0.717) is 23.8 Å². The Bertz CT molecular complexity index is 485. The van der Waals surface area contributed by atoms with Crippen molar-refractivity contribution >= 4 is 29.2 Å². The summed E-state index contributed by atoms with van der Waals surface area (Å²) < 4.78 is 0. The number of hydrogen-bond donors (Lipinski definition) is 1. The fraction of sp³-hybridized carbons (Fsp3) is 0.385. The molecule has 6 heteroatoms. The van der Waals surface area contributed by atoms with Crippen LogP contribution in [0.5, 0.6) is 0 Å². The third-order valence-electron chi connectivity index (χ3n) is 3.18. The fourth-order valence-corrected chi connectivity index (χ4v) is 2.26. The van der Waals surface area contributed by atoms with E-state index in [1.54, 1.807) is 24.3 Å². The van der Waals surface area contributed by atoms with Gasteiger partial charge in [0.15, 0.2) is 6.17 Å². The lowest BCUT2D eigenvalue weighted by atomic mass is 10.3. The number of imide groups is 1. The topological polar surface area (TPSA) is 52.7 Å². The van der Waals surface area contributed by atoms with E-state index in [1.807, 2.05) is 18.7 Å². The summed E-state index contributed by atoms with van der Waals surface area (Å²) in [4.78, 5) is 27.3. The molecule has 1 aliphatic rings. The van der Waals surface area contributed by atoms with Gasteiger partial charge in [-0.05, 0) is 37.4 Å². The molecule has 1 N–H and O–H groups in total. The lowest BCUT2D eigenvalue weighted by Gasteiger charge is -2.23. The summed E-state index contributed by atoms with van der Waals surface area (Å²) in [6.07, 6.45) is -0.585. The smallest absolute Gasteiger partial charge is 0.313 e. The van der Waals surface area contributed by atoms with E-state index >= 15 is 0 Å². The number of carbonyl (C=O) groups is 2. The number of nitrogens with one attached hydrogen (secondary N) is 1. The van der Waals surface area contributed by atoms with Crippen molar-refractivity contribution in [1.29, 1.82) is 0 Å². The van der Waals surface area contributed by atoms with Crippen molar-refractivity contribution in [2.24, 2.45) is 0 Å². The van der Waals surface area contributed by atoms with Crippen molar-refractivity contribution in [3.63, 3.8) is 0 Å². The lowest BCUT2D eigenvalue weighted by Crippen LogP contribution is -2.46.